The molecule has 1 rings (SSSR count). The summed E-state index contributed by atoms with van der Waals surface area (Å²) < 4.78 is 4.74. The van der Waals surface area contributed by atoms with E-state index in [4.69, 9.17) is 9.84 Å². The standard InChI is InChI=1S/C9H12O4/c1-2-4-9(7(10)11)5-3-6-13-8(9)12/h2H,1,3-6H2,(H,10,11)/t9-/m0/s1. The Morgan fingerprint density at radius 2 is 2.46 bits per heavy atom. The molecule has 0 aromatic carbocycles. The molecule has 0 unspecified atom stereocenters. The lowest BCUT2D eigenvalue weighted by molar-refractivity contribution is -0.174. The highest BCUT2D eigenvalue weighted by Crippen LogP contribution is 2.34. The van der Waals surface area contributed by atoms with Crippen molar-refractivity contribution in [1.82, 2.24) is 0 Å². The van der Waals surface area contributed by atoms with Crippen LogP contribution in [-0.2, 0) is 14.3 Å². The van der Waals surface area contributed by atoms with Crippen LogP contribution in [0.2, 0.25) is 0 Å². The fourth-order valence-corrected chi connectivity index (χ4v) is 1.49. The first-order valence-corrected chi connectivity index (χ1v) is 4.15. The van der Waals surface area contributed by atoms with Crippen molar-refractivity contribution < 1.29 is 19.4 Å². The molecule has 0 amide bonds. The highest BCUT2D eigenvalue weighted by Gasteiger charge is 2.48. The fourth-order valence-electron chi connectivity index (χ4n) is 1.49. The Balaban J connectivity index is 2.92. The Labute approximate surface area is 76.2 Å². The summed E-state index contributed by atoms with van der Waals surface area (Å²) in [5.41, 5.74) is -1.38. The summed E-state index contributed by atoms with van der Waals surface area (Å²) in [6.07, 6.45) is 2.53. The van der Waals surface area contributed by atoms with Crippen LogP contribution >= 0.6 is 0 Å². The molecule has 1 aliphatic rings. The van der Waals surface area contributed by atoms with E-state index in [-0.39, 0.29) is 6.42 Å². The van der Waals surface area contributed by atoms with E-state index >= 15 is 0 Å². The van der Waals surface area contributed by atoms with Gasteiger partial charge in [-0.3, -0.25) is 9.59 Å². The number of carbonyl (C=O) groups excluding carboxylic acids is 1. The molecular weight excluding hydrogens is 172 g/mol. The van der Waals surface area contributed by atoms with Crippen LogP contribution in [0.5, 0.6) is 0 Å². The molecule has 0 bridgehead atoms. The van der Waals surface area contributed by atoms with Gasteiger partial charge in [0.05, 0.1) is 6.61 Å². The average Bonchev–Trinajstić information content (AvgIpc) is 2.09. The molecule has 1 atom stereocenters. The second-order valence-electron chi connectivity index (χ2n) is 3.12. The molecule has 0 radical (unpaired) electrons. The van der Waals surface area contributed by atoms with E-state index in [9.17, 15) is 9.59 Å². The largest absolute Gasteiger partial charge is 0.480 e. The summed E-state index contributed by atoms with van der Waals surface area (Å²) in [6, 6.07) is 0. The zero-order chi connectivity index (χ0) is 9.90. The Morgan fingerprint density at radius 3 is 2.92 bits per heavy atom. The maximum atomic E-state index is 11.3. The molecule has 1 saturated heterocycles. The molecule has 1 aliphatic heterocycles. The van der Waals surface area contributed by atoms with Gasteiger partial charge >= 0.3 is 11.9 Å². The van der Waals surface area contributed by atoms with Gasteiger partial charge in [-0.2, -0.15) is 0 Å². The molecule has 0 aromatic heterocycles. The molecule has 1 N–H and O–H groups in total. The number of carbonyl (C=O) groups is 2. The van der Waals surface area contributed by atoms with Crippen molar-refractivity contribution in [3.05, 3.63) is 12.7 Å². The highest BCUT2D eigenvalue weighted by molar-refractivity contribution is 5.99. The van der Waals surface area contributed by atoms with Gasteiger partial charge in [-0.25, -0.2) is 0 Å². The maximum absolute atomic E-state index is 11.3. The Hall–Kier alpha value is -1.32. The first kappa shape index (κ1) is 9.77. The molecule has 1 heterocycles. The van der Waals surface area contributed by atoms with Gasteiger partial charge < -0.3 is 9.84 Å². The fraction of sp³-hybridized carbons (Fsp3) is 0.556. The van der Waals surface area contributed by atoms with Gasteiger partial charge in [-0.1, -0.05) is 6.08 Å². The Kier molecular flexibility index (Phi) is 2.70. The number of cyclic esters (lactones) is 1. The first-order valence-electron chi connectivity index (χ1n) is 4.15. The van der Waals surface area contributed by atoms with Gasteiger partial charge in [0.25, 0.3) is 0 Å². The minimum Gasteiger partial charge on any atom is -0.480 e. The number of carboxylic acids is 1. The number of hydrogen-bond donors (Lipinski definition) is 1. The van der Waals surface area contributed by atoms with E-state index in [0.717, 1.165) is 0 Å². The Morgan fingerprint density at radius 1 is 1.77 bits per heavy atom. The lowest BCUT2D eigenvalue weighted by Gasteiger charge is -2.29. The summed E-state index contributed by atoms with van der Waals surface area (Å²) in [5.74, 6) is -1.75. The molecule has 4 nitrogen and oxygen atoms in total. The van der Waals surface area contributed by atoms with Gasteiger partial charge in [-0.15, -0.1) is 6.58 Å². The third-order valence-corrected chi connectivity index (χ3v) is 2.27. The van der Waals surface area contributed by atoms with Crippen molar-refractivity contribution in [2.45, 2.75) is 19.3 Å². The van der Waals surface area contributed by atoms with Crippen molar-refractivity contribution in [2.75, 3.05) is 6.61 Å². The number of aliphatic carboxylic acids is 1. The minimum absolute atomic E-state index is 0.140. The van der Waals surface area contributed by atoms with Crippen molar-refractivity contribution in [2.24, 2.45) is 5.41 Å². The van der Waals surface area contributed by atoms with Crippen LogP contribution in [0.15, 0.2) is 12.7 Å². The molecule has 0 spiro atoms. The van der Waals surface area contributed by atoms with Crippen LogP contribution in [0.25, 0.3) is 0 Å². The third kappa shape index (κ3) is 1.56. The van der Waals surface area contributed by atoms with Crippen molar-refractivity contribution >= 4 is 11.9 Å². The summed E-state index contributed by atoms with van der Waals surface area (Å²) in [7, 11) is 0. The van der Waals surface area contributed by atoms with Gasteiger partial charge in [0, 0.05) is 0 Å². The van der Waals surface area contributed by atoms with Crippen LogP contribution in [0.3, 0.4) is 0 Å². The molecule has 0 aromatic rings. The van der Waals surface area contributed by atoms with Gasteiger partial charge in [0.15, 0.2) is 5.41 Å². The predicted octanol–water partition coefficient (Wildman–Crippen LogP) is 0.970. The van der Waals surface area contributed by atoms with E-state index in [1.807, 2.05) is 0 Å². The van der Waals surface area contributed by atoms with E-state index in [2.05, 4.69) is 6.58 Å². The summed E-state index contributed by atoms with van der Waals surface area (Å²) in [4.78, 5) is 22.2. The van der Waals surface area contributed by atoms with E-state index < -0.39 is 17.4 Å². The number of allylic oxidation sites excluding steroid dienone is 1. The second kappa shape index (κ2) is 3.60. The van der Waals surface area contributed by atoms with Gasteiger partial charge in [0.1, 0.15) is 0 Å². The van der Waals surface area contributed by atoms with Crippen molar-refractivity contribution in [3.63, 3.8) is 0 Å². The smallest absolute Gasteiger partial charge is 0.323 e. The second-order valence-corrected chi connectivity index (χ2v) is 3.12. The highest BCUT2D eigenvalue weighted by atomic mass is 16.5. The summed E-state index contributed by atoms with van der Waals surface area (Å²) in [5, 5.41) is 8.94. The molecule has 72 valence electrons. The third-order valence-electron chi connectivity index (χ3n) is 2.27. The number of carboxylic acid groups (broad SMARTS) is 1. The zero-order valence-corrected chi connectivity index (χ0v) is 7.28. The average molecular weight is 184 g/mol. The van der Waals surface area contributed by atoms with Crippen molar-refractivity contribution in [3.8, 4) is 0 Å². The molecule has 0 aliphatic carbocycles. The van der Waals surface area contributed by atoms with Crippen LogP contribution in [-0.4, -0.2) is 23.7 Å². The normalized spacial score (nSPS) is 27.8. The van der Waals surface area contributed by atoms with Crippen LogP contribution in [0.4, 0.5) is 0 Å². The quantitative estimate of drug-likeness (QED) is 0.403. The molecule has 0 saturated carbocycles. The Bertz CT molecular complexity index is 246. The minimum atomic E-state index is -1.38. The molecule has 1 fully saturated rings. The molecule has 4 heteroatoms. The van der Waals surface area contributed by atoms with E-state index in [0.29, 0.717) is 19.4 Å². The van der Waals surface area contributed by atoms with Crippen LogP contribution in [0, 0.1) is 5.41 Å². The van der Waals surface area contributed by atoms with Crippen LogP contribution < -0.4 is 0 Å². The number of rotatable bonds is 3. The SMILES string of the molecule is C=CC[C@@]1(C(=O)O)CCCOC1=O. The van der Waals surface area contributed by atoms with E-state index in [1.54, 1.807) is 0 Å². The monoisotopic (exact) mass is 184 g/mol. The zero-order valence-electron chi connectivity index (χ0n) is 7.28. The van der Waals surface area contributed by atoms with Crippen molar-refractivity contribution in [1.29, 1.82) is 0 Å². The predicted molar refractivity (Wildman–Crippen MR) is 45.1 cm³/mol. The van der Waals surface area contributed by atoms with Gasteiger partial charge in [-0.05, 0) is 19.3 Å². The first-order chi connectivity index (χ1) is 6.13. The molecular formula is C9H12O4. The number of esters is 1. The number of hydrogen-bond acceptors (Lipinski definition) is 3. The molecule has 13 heavy (non-hydrogen) atoms. The van der Waals surface area contributed by atoms with Gasteiger partial charge in [0.2, 0.25) is 0 Å². The number of ether oxygens (including phenoxy) is 1. The van der Waals surface area contributed by atoms with Crippen LogP contribution in [0.1, 0.15) is 19.3 Å². The lowest BCUT2D eigenvalue weighted by atomic mass is 9.79. The summed E-state index contributed by atoms with van der Waals surface area (Å²) >= 11 is 0. The maximum Gasteiger partial charge on any atom is 0.323 e. The topological polar surface area (TPSA) is 63.6 Å². The van der Waals surface area contributed by atoms with E-state index in [1.165, 1.54) is 6.08 Å². The lowest BCUT2D eigenvalue weighted by Crippen LogP contribution is -2.43. The summed E-state index contributed by atoms with van der Waals surface area (Å²) in [6.45, 7) is 3.77.